The average molecular weight is 374 g/mol. The van der Waals surface area contributed by atoms with E-state index in [4.69, 9.17) is 4.74 Å². The second-order valence-corrected chi connectivity index (χ2v) is 8.22. The normalized spacial score (nSPS) is 14.6. The van der Waals surface area contributed by atoms with Gasteiger partial charge >= 0.3 is 0 Å². The van der Waals surface area contributed by atoms with Gasteiger partial charge in [0.25, 0.3) is 5.91 Å². The van der Waals surface area contributed by atoms with Gasteiger partial charge in [0.15, 0.2) is 0 Å². The van der Waals surface area contributed by atoms with Crippen LogP contribution in [-0.4, -0.2) is 40.8 Å². The number of carbonyl (C=O) groups is 1. The van der Waals surface area contributed by atoms with Crippen LogP contribution in [-0.2, 0) is 10.0 Å². The molecule has 0 saturated heterocycles. The molecule has 0 bridgehead atoms. The minimum Gasteiger partial charge on any atom is -0.497 e. The lowest BCUT2D eigenvalue weighted by Gasteiger charge is -2.25. The highest BCUT2D eigenvalue weighted by atomic mass is 32.2. The molecule has 26 heavy (non-hydrogen) atoms. The molecular weight excluding hydrogens is 352 g/mol. The van der Waals surface area contributed by atoms with Crippen molar-refractivity contribution in [2.75, 3.05) is 35.7 Å². The molecule has 0 saturated carbocycles. The summed E-state index contributed by atoms with van der Waals surface area (Å²) in [6.45, 7) is 2.66. The lowest BCUT2D eigenvalue weighted by atomic mass is 10.1. The number of carbonyl (C=O) groups excluding carboxylic acids is 1. The lowest BCUT2D eigenvalue weighted by molar-refractivity contribution is 0.0986. The second kappa shape index (κ2) is 6.99. The quantitative estimate of drug-likeness (QED) is 0.829. The van der Waals surface area contributed by atoms with Crippen molar-refractivity contribution >= 4 is 27.3 Å². The molecule has 2 aromatic carbocycles. The summed E-state index contributed by atoms with van der Waals surface area (Å²) in [5.74, 6) is 0.548. The number of aryl methyl sites for hydroxylation is 1. The molecule has 0 fully saturated rings. The Morgan fingerprint density at radius 3 is 2.38 bits per heavy atom. The first-order chi connectivity index (χ1) is 12.3. The first-order valence-electron chi connectivity index (χ1n) is 8.36. The number of methoxy groups -OCH3 is 1. The van der Waals surface area contributed by atoms with Crippen molar-refractivity contribution in [2.45, 2.75) is 13.3 Å². The molecular formula is C19H22N2O4S. The highest BCUT2D eigenvalue weighted by Crippen LogP contribution is 2.35. The van der Waals surface area contributed by atoms with Gasteiger partial charge in [0, 0.05) is 18.7 Å². The fourth-order valence-electron chi connectivity index (χ4n) is 3.22. The Morgan fingerprint density at radius 1 is 1.08 bits per heavy atom. The highest BCUT2D eigenvalue weighted by molar-refractivity contribution is 7.92. The van der Waals surface area contributed by atoms with E-state index in [1.807, 2.05) is 19.1 Å². The Labute approximate surface area is 154 Å². The molecule has 6 nitrogen and oxygen atoms in total. The second-order valence-electron chi connectivity index (χ2n) is 6.32. The Kier molecular flexibility index (Phi) is 4.91. The van der Waals surface area contributed by atoms with Crippen molar-refractivity contribution in [3.63, 3.8) is 0 Å². The van der Waals surface area contributed by atoms with Crippen molar-refractivity contribution in [3.05, 3.63) is 53.6 Å². The molecule has 1 heterocycles. The summed E-state index contributed by atoms with van der Waals surface area (Å²) in [6.07, 6.45) is 1.75. The molecule has 0 radical (unpaired) electrons. The molecule has 1 aliphatic heterocycles. The van der Waals surface area contributed by atoms with Gasteiger partial charge in [-0.15, -0.1) is 0 Å². The van der Waals surface area contributed by atoms with E-state index in [1.165, 1.54) is 10.6 Å². The lowest BCUT2D eigenvalue weighted by Crippen LogP contribution is -2.32. The maximum atomic E-state index is 13.2. The van der Waals surface area contributed by atoms with Crippen molar-refractivity contribution in [2.24, 2.45) is 0 Å². The number of ether oxygens (including phenoxy) is 1. The monoisotopic (exact) mass is 374 g/mol. The molecule has 1 aliphatic rings. The molecule has 3 rings (SSSR count). The molecule has 1 amide bonds. The number of amides is 1. The SMILES string of the molecule is COc1ccc(C(=O)N2CCCN(S(C)(=O)=O)c3ccccc32)c(C)c1. The van der Waals surface area contributed by atoms with E-state index in [0.29, 0.717) is 42.2 Å². The summed E-state index contributed by atoms with van der Waals surface area (Å²) < 4.78 is 30.9. The fraction of sp³-hybridized carbons (Fsp3) is 0.316. The zero-order chi connectivity index (χ0) is 18.9. The van der Waals surface area contributed by atoms with E-state index in [-0.39, 0.29) is 5.91 Å². The van der Waals surface area contributed by atoms with Gasteiger partial charge in [0.1, 0.15) is 5.75 Å². The van der Waals surface area contributed by atoms with Gasteiger partial charge in [0.05, 0.1) is 24.7 Å². The Bertz CT molecular complexity index is 940. The van der Waals surface area contributed by atoms with Crippen LogP contribution in [0.15, 0.2) is 42.5 Å². The van der Waals surface area contributed by atoms with E-state index in [9.17, 15) is 13.2 Å². The van der Waals surface area contributed by atoms with Crippen LogP contribution in [0.25, 0.3) is 0 Å². The number of para-hydroxylation sites is 2. The summed E-state index contributed by atoms with van der Waals surface area (Å²) in [6, 6.07) is 12.4. The number of nitrogens with zero attached hydrogens (tertiary/aromatic N) is 2. The Morgan fingerprint density at radius 2 is 1.77 bits per heavy atom. The zero-order valence-corrected chi connectivity index (χ0v) is 15.9. The number of anilines is 2. The van der Waals surface area contributed by atoms with Crippen molar-refractivity contribution in [1.29, 1.82) is 0 Å². The smallest absolute Gasteiger partial charge is 0.258 e. The number of sulfonamides is 1. The molecule has 0 N–H and O–H groups in total. The number of hydrogen-bond donors (Lipinski definition) is 0. The van der Waals surface area contributed by atoms with Crippen LogP contribution in [0, 0.1) is 6.92 Å². The number of hydrogen-bond acceptors (Lipinski definition) is 4. The van der Waals surface area contributed by atoms with Gasteiger partial charge in [-0.25, -0.2) is 8.42 Å². The van der Waals surface area contributed by atoms with Crippen LogP contribution in [0.2, 0.25) is 0 Å². The molecule has 0 spiro atoms. The third kappa shape index (κ3) is 3.39. The van der Waals surface area contributed by atoms with E-state index in [2.05, 4.69) is 0 Å². The minimum absolute atomic E-state index is 0.145. The summed E-state index contributed by atoms with van der Waals surface area (Å²) in [4.78, 5) is 14.9. The topological polar surface area (TPSA) is 66.9 Å². The standard InChI is InChI=1S/C19H22N2O4S/c1-14-13-15(25-2)9-10-16(14)19(22)20-11-6-12-21(26(3,23)24)18-8-5-4-7-17(18)20/h4-5,7-10,13H,6,11-12H2,1-3H3. The summed E-state index contributed by atoms with van der Waals surface area (Å²) in [5, 5.41) is 0. The van der Waals surface area contributed by atoms with Crippen LogP contribution < -0.4 is 13.9 Å². The molecule has 138 valence electrons. The third-order valence-electron chi connectivity index (χ3n) is 4.49. The molecule has 0 atom stereocenters. The largest absolute Gasteiger partial charge is 0.497 e. The Balaban J connectivity index is 2.06. The number of benzene rings is 2. The fourth-order valence-corrected chi connectivity index (χ4v) is 4.19. The van der Waals surface area contributed by atoms with Gasteiger partial charge in [-0.2, -0.15) is 0 Å². The predicted molar refractivity (Wildman–Crippen MR) is 103 cm³/mol. The summed E-state index contributed by atoms with van der Waals surface area (Å²) in [5.41, 5.74) is 2.53. The highest BCUT2D eigenvalue weighted by Gasteiger charge is 2.29. The zero-order valence-electron chi connectivity index (χ0n) is 15.1. The molecule has 2 aromatic rings. The summed E-state index contributed by atoms with van der Waals surface area (Å²) >= 11 is 0. The Hall–Kier alpha value is -2.54. The summed E-state index contributed by atoms with van der Waals surface area (Å²) in [7, 11) is -1.83. The molecule has 0 aliphatic carbocycles. The number of fused-ring (bicyclic) bond motifs is 1. The van der Waals surface area contributed by atoms with Gasteiger partial charge in [0.2, 0.25) is 10.0 Å². The van der Waals surface area contributed by atoms with E-state index in [1.54, 1.807) is 42.3 Å². The number of rotatable bonds is 3. The first-order valence-corrected chi connectivity index (χ1v) is 10.2. The average Bonchev–Trinajstić information content (AvgIpc) is 2.80. The third-order valence-corrected chi connectivity index (χ3v) is 5.67. The molecule has 0 aromatic heterocycles. The minimum atomic E-state index is -3.41. The van der Waals surface area contributed by atoms with Crippen LogP contribution in [0.3, 0.4) is 0 Å². The van der Waals surface area contributed by atoms with Crippen LogP contribution >= 0.6 is 0 Å². The van der Waals surface area contributed by atoms with Crippen molar-refractivity contribution in [1.82, 2.24) is 0 Å². The van der Waals surface area contributed by atoms with Crippen LogP contribution in [0.4, 0.5) is 11.4 Å². The van der Waals surface area contributed by atoms with Crippen molar-refractivity contribution < 1.29 is 17.9 Å². The van der Waals surface area contributed by atoms with E-state index >= 15 is 0 Å². The maximum Gasteiger partial charge on any atom is 0.258 e. The first kappa shape index (κ1) is 18.3. The molecule has 7 heteroatoms. The maximum absolute atomic E-state index is 13.2. The molecule has 0 unspecified atom stereocenters. The van der Waals surface area contributed by atoms with Crippen LogP contribution in [0.5, 0.6) is 5.75 Å². The van der Waals surface area contributed by atoms with Gasteiger partial charge in [-0.1, -0.05) is 12.1 Å². The predicted octanol–water partition coefficient (Wildman–Crippen LogP) is 2.82. The van der Waals surface area contributed by atoms with Crippen molar-refractivity contribution in [3.8, 4) is 5.75 Å². The van der Waals surface area contributed by atoms with E-state index < -0.39 is 10.0 Å². The van der Waals surface area contributed by atoms with Gasteiger partial charge in [-0.05, 0) is 49.2 Å². The van der Waals surface area contributed by atoms with E-state index in [0.717, 1.165) is 5.56 Å². The van der Waals surface area contributed by atoms with Crippen LogP contribution in [0.1, 0.15) is 22.3 Å². The van der Waals surface area contributed by atoms with Gasteiger partial charge in [-0.3, -0.25) is 9.10 Å². The van der Waals surface area contributed by atoms with Gasteiger partial charge < -0.3 is 9.64 Å².